The van der Waals surface area contributed by atoms with Gasteiger partial charge in [-0.15, -0.1) is 0 Å². The number of nitrogens with zero attached hydrogens (tertiary/aromatic N) is 1. The van der Waals surface area contributed by atoms with E-state index in [0.29, 0.717) is 0 Å². The second-order valence-electron chi connectivity index (χ2n) is 2.86. The number of aromatic nitrogens is 2. The molecule has 15 heavy (non-hydrogen) atoms. The number of halogens is 2. The van der Waals surface area contributed by atoms with Crippen LogP contribution < -0.4 is 10.3 Å². The van der Waals surface area contributed by atoms with Crippen molar-refractivity contribution in [3.8, 4) is 5.88 Å². The lowest BCUT2D eigenvalue weighted by molar-refractivity contribution is 0.393. The summed E-state index contributed by atoms with van der Waals surface area (Å²) in [5, 5.41) is 0. The number of nitrogens with one attached hydrogen (secondary N) is 1. The Balaban J connectivity index is 2.82. The SMILES string of the molecule is COc1nc2cc(F)c(F)cc2[nH]c1=O. The van der Waals surface area contributed by atoms with Gasteiger partial charge in [0, 0.05) is 12.1 Å². The minimum absolute atomic E-state index is 0.125. The van der Waals surface area contributed by atoms with Crippen LogP contribution in [0.25, 0.3) is 11.0 Å². The number of fused-ring (bicyclic) bond motifs is 1. The topological polar surface area (TPSA) is 55.0 Å². The Kier molecular flexibility index (Phi) is 2.11. The zero-order chi connectivity index (χ0) is 11.0. The average Bonchev–Trinajstić information content (AvgIpc) is 2.20. The molecule has 1 aromatic heterocycles. The Morgan fingerprint density at radius 1 is 1.33 bits per heavy atom. The summed E-state index contributed by atoms with van der Waals surface area (Å²) in [6.45, 7) is 0. The van der Waals surface area contributed by atoms with Crippen LogP contribution in [0.15, 0.2) is 16.9 Å². The zero-order valence-corrected chi connectivity index (χ0v) is 7.67. The van der Waals surface area contributed by atoms with Crippen molar-refractivity contribution >= 4 is 11.0 Å². The molecule has 1 heterocycles. The van der Waals surface area contributed by atoms with E-state index in [2.05, 4.69) is 14.7 Å². The van der Waals surface area contributed by atoms with Crippen LogP contribution in [0.3, 0.4) is 0 Å². The van der Waals surface area contributed by atoms with Crippen LogP contribution in [0.1, 0.15) is 0 Å². The Labute approximate surface area is 82.5 Å². The van der Waals surface area contributed by atoms with Crippen molar-refractivity contribution in [2.24, 2.45) is 0 Å². The van der Waals surface area contributed by atoms with Crippen LogP contribution in [-0.2, 0) is 0 Å². The van der Waals surface area contributed by atoms with E-state index in [4.69, 9.17) is 0 Å². The van der Waals surface area contributed by atoms with Crippen molar-refractivity contribution in [3.63, 3.8) is 0 Å². The first-order valence-electron chi connectivity index (χ1n) is 4.05. The molecule has 0 aliphatic heterocycles. The summed E-state index contributed by atoms with van der Waals surface area (Å²) in [6, 6.07) is 1.77. The largest absolute Gasteiger partial charge is 0.477 e. The molecule has 0 saturated heterocycles. The molecule has 0 saturated carbocycles. The fraction of sp³-hybridized carbons (Fsp3) is 0.111. The highest BCUT2D eigenvalue weighted by atomic mass is 19.2. The van der Waals surface area contributed by atoms with Crippen molar-refractivity contribution in [1.29, 1.82) is 0 Å². The molecule has 0 atom stereocenters. The van der Waals surface area contributed by atoms with Gasteiger partial charge in [-0.2, -0.15) is 0 Å². The molecule has 0 fully saturated rings. The van der Waals surface area contributed by atoms with E-state index in [-0.39, 0.29) is 16.9 Å². The summed E-state index contributed by atoms with van der Waals surface area (Å²) in [7, 11) is 1.27. The molecule has 78 valence electrons. The van der Waals surface area contributed by atoms with E-state index in [0.717, 1.165) is 12.1 Å². The molecule has 0 radical (unpaired) electrons. The van der Waals surface area contributed by atoms with Gasteiger partial charge in [0.2, 0.25) is 0 Å². The maximum Gasteiger partial charge on any atom is 0.311 e. The summed E-state index contributed by atoms with van der Waals surface area (Å²) < 4.78 is 30.3. The molecule has 4 nitrogen and oxygen atoms in total. The summed E-state index contributed by atoms with van der Waals surface area (Å²) >= 11 is 0. The molecule has 0 amide bonds. The van der Waals surface area contributed by atoms with Crippen LogP contribution in [0.4, 0.5) is 8.78 Å². The third-order valence-corrected chi connectivity index (χ3v) is 1.90. The fourth-order valence-corrected chi connectivity index (χ4v) is 1.20. The fourth-order valence-electron chi connectivity index (χ4n) is 1.20. The first-order chi connectivity index (χ1) is 7.11. The lowest BCUT2D eigenvalue weighted by Gasteiger charge is -2.01. The van der Waals surface area contributed by atoms with Crippen LogP contribution in [0, 0.1) is 11.6 Å². The molecule has 0 aliphatic carbocycles. The number of methoxy groups -OCH3 is 1. The maximum absolute atomic E-state index is 12.8. The number of aromatic amines is 1. The van der Waals surface area contributed by atoms with E-state index >= 15 is 0 Å². The van der Waals surface area contributed by atoms with Gasteiger partial charge in [0.15, 0.2) is 11.6 Å². The number of ether oxygens (including phenoxy) is 1. The van der Waals surface area contributed by atoms with Gasteiger partial charge in [-0.05, 0) is 0 Å². The predicted molar refractivity (Wildman–Crippen MR) is 48.8 cm³/mol. The number of hydrogen-bond donors (Lipinski definition) is 1. The van der Waals surface area contributed by atoms with Crippen LogP contribution in [-0.4, -0.2) is 17.1 Å². The molecule has 1 N–H and O–H groups in total. The van der Waals surface area contributed by atoms with Crippen molar-refractivity contribution in [2.45, 2.75) is 0 Å². The number of rotatable bonds is 1. The molecule has 0 spiro atoms. The second-order valence-corrected chi connectivity index (χ2v) is 2.86. The first kappa shape index (κ1) is 9.57. The third kappa shape index (κ3) is 1.54. The van der Waals surface area contributed by atoms with E-state index in [1.165, 1.54) is 7.11 Å². The van der Waals surface area contributed by atoms with Crippen molar-refractivity contribution in [1.82, 2.24) is 9.97 Å². The quantitative estimate of drug-likeness (QED) is 0.772. The maximum atomic E-state index is 12.8. The number of benzene rings is 1. The van der Waals surface area contributed by atoms with Crippen LogP contribution in [0.2, 0.25) is 0 Å². The summed E-state index contributed by atoms with van der Waals surface area (Å²) in [4.78, 5) is 17.3. The van der Waals surface area contributed by atoms with Gasteiger partial charge in [0.25, 0.3) is 5.88 Å². The molecule has 0 aliphatic rings. The summed E-state index contributed by atoms with van der Waals surface area (Å²) in [5.41, 5.74) is -0.332. The summed E-state index contributed by atoms with van der Waals surface area (Å²) in [5.74, 6) is -2.25. The lowest BCUT2D eigenvalue weighted by Crippen LogP contribution is -2.11. The van der Waals surface area contributed by atoms with E-state index in [1.54, 1.807) is 0 Å². The number of hydrogen-bond acceptors (Lipinski definition) is 3. The second kappa shape index (κ2) is 3.30. The third-order valence-electron chi connectivity index (χ3n) is 1.90. The molecule has 0 unspecified atom stereocenters. The van der Waals surface area contributed by atoms with Crippen molar-refractivity contribution < 1.29 is 13.5 Å². The van der Waals surface area contributed by atoms with Gasteiger partial charge >= 0.3 is 5.56 Å². The van der Waals surface area contributed by atoms with Gasteiger partial charge in [0.05, 0.1) is 18.1 Å². The standard InChI is InChI=1S/C9H6F2N2O2/c1-15-9-8(14)12-6-2-4(10)5(11)3-7(6)13-9/h2-3H,1H3,(H,12,14). The Morgan fingerprint density at radius 3 is 2.67 bits per heavy atom. The monoisotopic (exact) mass is 212 g/mol. The highest BCUT2D eigenvalue weighted by Crippen LogP contribution is 2.14. The smallest absolute Gasteiger partial charge is 0.311 e. The predicted octanol–water partition coefficient (Wildman–Crippen LogP) is 1.21. The van der Waals surface area contributed by atoms with Gasteiger partial charge < -0.3 is 9.72 Å². The van der Waals surface area contributed by atoms with Gasteiger partial charge in [-0.3, -0.25) is 4.79 Å². The average molecular weight is 212 g/mol. The molecule has 2 aromatic rings. The molecule has 6 heteroatoms. The highest BCUT2D eigenvalue weighted by Gasteiger charge is 2.08. The van der Waals surface area contributed by atoms with Crippen molar-refractivity contribution in [2.75, 3.05) is 7.11 Å². The minimum atomic E-state index is -1.04. The van der Waals surface area contributed by atoms with Crippen molar-refractivity contribution in [3.05, 3.63) is 34.1 Å². The van der Waals surface area contributed by atoms with Gasteiger partial charge in [-0.25, -0.2) is 13.8 Å². The Bertz CT molecular complexity index is 580. The zero-order valence-electron chi connectivity index (χ0n) is 7.67. The van der Waals surface area contributed by atoms with Crippen LogP contribution >= 0.6 is 0 Å². The van der Waals surface area contributed by atoms with E-state index in [1.807, 2.05) is 0 Å². The lowest BCUT2D eigenvalue weighted by atomic mass is 10.3. The van der Waals surface area contributed by atoms with Gasteiger partial charge in [-0.1, -0.05) is 0 Å². The first-order valence-corrected chi connectivity index (χ1v) is 4.05. The molecular formula is C9H6F2N2O2. The molecule has 0 bridgehead atoms. The highest BCUT2D eigenvalue weighted by molar-refractivity contribution is 5.74. The number of H-pyrrole nitrogens is 1. The summed E-state index contributed by atoms with van der Waals surface area (Å²) in [6.07, 6.45) is 0. The molecular weight excluding hydrogens is 206 g/mol. The Hall–Kier alpha value is -1.98. The molecule has 2 rings (SSSR count). The van der Waals surface area contributed by atoms with E-state index < -0.39 is 17.2 Å². The van der Waals surface area contributed by atoms with E-state index in [9.17, 15) is 13.6 Å². The normalized spacial score (nSPS) is 10.6. The minimum Gasteiger partial charge on any atom is -0.477 e. The van der Waals surface area contributed by atoms with Gasteiger partial charge in [0.1, 0.15) is 0 Å². The molecule has 1 aromatic carbocycles. The Morgan fingerprint density at radius 2 is 2.00 bits per heavy atom. The van der Waals surface area contributed by atoms with Crippen LogP contribution in [0.5, 0.6) is 5.88 Å².